The summed E-state index contributed by atoms with van der Waals surface area (Å²) >= 11 is 0. The number of rotatable bonds is 6. The van der Waals surface area contributed by atoms with Gasteiger partial charge in [0.2, 0.25) is 0 Å². The minimum Gasteiger partial charge on any atom is -0.309 e. The molecule has 0 saturated carbocycles. The van der Waals surface area contributed by atoms with Crippen molar-refractivity contribution in [3.8, 4) is 56.7 Å². The molecule has 0 N–H and O–H groups in total. The molecule has 0 unspecified atom stereocenters. The average Bonchev–Trinajstić information content (AvgIpc) is 3.79. The highest BCUT2D eigenvalue weighted by Gasteiger charge is 2.21. The first-order valence-electron chi connectivity index (χ1n) is 19.6. The first-order valence-corrected chi connectivity index (χ1v) is 19.6. The lowest BCUT2D eigenvalue weighted by Gasteiger charge is -2.15. The van der Waals surface area contributed by atoms with Crippen molar-refractivity contribution in [3.05, 3.63) is 193 Å². The van der Waals surface area contributed by atoms with Crippen LogP contribution in [0, 0.1) is 13.8 Å². The van der Waals surface area contributed by atoms with Crippen LogP contribution in [0.15, 0.2) is 182 Å². The molecule has 58 heavy (non-hydrogen) atoms. The Morgan fingerprint density at radius 3 is 1.88 bits per heavy atom. The average molecular weight is 745 g/mol. The molecule has 4 aromatic heterocycles. The predicted molar refractivity (Wildman–Crippen MR) is 238 cm³/mol. The van der Waals surface area contributed by atoms with Crippen molar-refractivity contribution >= 4 is 43.7 Å². The summed E-state index contributed by atoms with van der Waals surface area (Å²) in [4.78, 5) is 20.5. The van der Waals surface area contributed by atoms with E-state index in [4.69, 9.17) is 19.9 Å². The third-order valence-corrected chi connectivity index (χ3v) is 11.3. The second kappa shape index (κ2) is 13.5. The van der Waals surface area contributed by atoms with E-state index in [0.717, 1.165) is 72.0 Å². The maximum Gasteiger partial charge on any atom is 0.164 e. The Hall–Kier alpha value is -7.70. The van der Waals surface area contributed by atoms with Crippen LogP contribution in [0.1, 0.15) is 11.1 Å². The van der Waals surface area contributed by atoms with E-state index in [1.165, 1.54) is 22.1 Å². The molecule has 11 aromatic rings. The zero-order valence-corrected chi connectivity index (χ0v) is 32.0. The molecule has 6 nitrogen and oxygen atoms in total. The van der Waals surface area contributed by atoms with Gasteiger partial charge in [-0.15, -0.1) is 0 Å². The summed E-state index contributed by atoms with van der Waals surface area (Å²) in [5, 5.41) is 4.57. The number of para-hydroxylation sites is 2. The zero-order valence-electron chi connectivity index (χ0n) is 32.0. The van der Waals surface area contributed by atoms with Crippen molar-refractivity contribution in [2.24, 2.45) is 0 Å². The Labute approximate surface area is 335 Å². The van der Waals surface area contributed by atoms with Gasteiger partial charge in [0.15, 0.2) is 17.5 Å². The largest absolute Gasteiger partial charge is 0.309 e. The lowest BCUT2D eigenvalue weighted by atomic mass is 9.92. The summed E-state index contributed by atoms with van der Waals surface area (Å²) < 4.78 is 4.63. The Morgan fingerprint density at radius 1 is 0.379 bits per heavy atom. The van der Waals surface area contributed by atoms with Crippen LogP contribution in [0.3, 0.4) is 0 Å². The quantitative estimate of drug-likeness (QED) is 0.170. The summed E-state index contributed by atoms with van der Waals surface area (Å²) in [6.45, 7) is 4.31. The van der Waals surface area contributed by atoms with Gasteiger partial charge in [-0.2, -0.15) is 0 Å². The second-order valence-corrected chi connectivity index (χ2v) is 14.8. The van der Waals surface area contributed by atoms with Gasteiger partial charge in [0.25, 0.3) is 0 Å². The van der Waals surface area contributed by atoms with Crippen molar-refractivity contribution in [3.63, 3.8) is 0 Å². The van der Waals surface area contributed by atoms with Gasteiger partial charge in [-0.1, -0.05) is 115 Å². The molecule has 274 valence electrons. The van der Waals surface area contributed by atoms with Gasteiger partial charge >= 0.3 is 0 Å². The first kappa shape index (κ1) is 33.6. The lowest BCUT2D eigenvalue weighted by molar-refractivity contribution is 1.07. The van der Waals surface area contributed by atoms with Crippen molar-refractivity contribution in [2.45, 2.75) is 13.8 Å². The van der Waals surface area contributed by atoms with E-state index in [2.05, 4.69) is 175 Å². The summed E-state index contributed by atoms with van der Waals surface area (Å²) in [6, 6.07) is 61.7. The van der Waals surface area contributed by atoms with E-state index in [0.29, 0.717) is 17.5 Å². The predicted octanol–water partition coefficient (Wildman–Crippen LogP) is 12.7. The molecule has 0 aliphatic rings. The highest BCUT2D eigenvalue weighted by molar-refractivity contribution is 6.12. The van der Waals surface area contributed by atoms with E-state index in [-0.39, 0.29) is 0 Å². The highest BCUT2D eigenvalue weighted by atomic mass is 15.1. The van der Waals surface area contributed by atoms with Gasteiger partial charge in [-0.05, 0) is 96.8 Å². The van der Waals surface area contributed by atoms with Gasteiger partial charge < -0.3 is 4.57 Å². The van der Waals surface area contributed by atoms with Crippen molar-refractivity contribution in [2.75, 3.05) is 0 Å². The number of fused-ring (bicyclic) bond motifs is 6. The van der Waals surface area contributed by atoms with E-state index >= 15 is 0 Å². The summed E-state index contributed by atoms with van der Waals surface area (Å²) in [5.41, 5.74) is 13.9. The Morgan fingerprint density at radius 2 is 1.03 bits per heavy atom. The minimum absolute atomic E-state index is 0.622. The summed E-state index contributed by atoms with van der Waals surface area (Å²) in [5.74, 6) is 1.90. The number of aryl methyl sites for hydroxylation is 2. The molecular weight excluding hydrogens is 709 g/mol. The molecule has 11 rings (SSSR count). The fraction of sp³-hybridized carbons (Fsp3) is 0.0385. The van der Waals surface area contributed by atoms with Gasteiger partial charge in [0.1, 0.15) is 5.65 Å². The van der Waals surface area contributed by atoms with E-state index < -0.39 is 0 Å². The van der Waals surface area contributed by atoms with E-state index in [9.17, 15) is 0 Å². The molecule has 7 aromatic carbocycles. The monoisotopic (exact) mass is 744 g/mol. The maximum atomic E-state index is 5.27. The van der Waals surface area contributed by atoms with Crippen LogP contribution in [0.4, 0.5) is 0 Å². The number of hydrogen-bond donors (Lipinski definition) is 0. The van der Waals surface area contributed by atoms with Gasteiger partial charge in [0, 0.05) is 55.8 Å². The second-order valence-electron chi connectivity index (χ2n) is 14.8. The van der Waals surface area contributed by atoms with Crippen molar-refractivity contribution < 1.29 is 0 Å². The van der Waals surface area contributed by atoms with Crippen LogP contribution in [-0.2, 0) is 0 Å². The van der Waals surface area contributed by atoms with Gasteiger partial charge in [0.05, 0.1) is 16.6 Å². The van der Waals surface area contributed by atoms with Gasteiger partial charge in [-0.25, -0.2) is 19.9 Å². The maximum absolute atomic E-state index is 5.27. The standard InChI is InChI=1S/C52H36N6/c1-33-15-9-10-21-39(33)48-34(2)16-13-23-43(48)51-55-49(35-17-5-3-6-18-35)54-50(56-51)36-26-29-46-44(31-36)41-28-27-38(32-47(41)57(46)37-19-7-4-8-20-37)58-45-25-12-11-22-40(45)42-24-14-30-53-52(42)58/h3-32H,1-2H3. The summed E-state index contributed by atoms with van der Waals surface area (Å²) in [6.07, 6.45) is 1.87. The van der Waals surface area contributed by atoms with Crippen LogP contribution < -0.4 is 0 Å². The van der Waals surface area contributed by atoms with E-state index in [1.807, 2.05) is 30.5 Å². The van der Waals surface area contributed by atoms with Crippen LogP contribution in [-0.4, -0.2) is 29.1 Å². The molecule has 0 fully saturated rings. The van der Waals surface area contributed by atoms with Crippen LogP contribution in [0.5, 0.6) is 0 Å². The SMILES string of the molecule is Cc1ccccc1-c1c(C)cccc1-c1nc(-c2ccccc2)nc(-c2ccc3c(c2)c2ccc(-n4c5ccccc5c5cccnc54)cc2n3-c2ccccc2)n1. The normalized spacial score (nSPS) is 11.6. The molecule has 0 bridgehead atoms. The zero-order chi connectivity index (χ0) is 38.7. The third kappa shape index (κ3) is 5.41. The molecular formula is C52H36N6. The van der Waals surface area contributed by atoms with Crippen molar-refractivity contribution in [1.82, 2.24) is 29.1 Å². The van der Waals surface area contributed by atoms with Crippen LogP contribution in [0.25, 0.3) is 100 Å². The Balaban J connectivity index is 1.14. The van der Waals surface area contributed by atoms with Gasteiger partial charge in [-0.3, -0.25) is 4.57 Å². The number of benzene rings is 7. The van der Waals surface area contributed by atoms with E-state index in [1.54, 1.807) is 0 Å². The van der Waals surface area contributed by atoms with Crippen LogP contribution in [0.2, 0.25) is 0 Å². The highest BCUT2D eigenvalue weighted by Crippen LogP contribution is 2.39. The number of aromatic nitrogens is 6. The molecule has 0 amide bonds. The lowest BCUT2D eigenvalue weighted by Crippen LogP contribution is -2.02. The smallest absolute Gasteiger partial charge is 0.164 e. The third-order valence-electron chi connectivity index (χ3n) is 11.3. The van der Waals surface area contributed by atoms with Crippen molar-refractivity contribution in [1.29, 1.82) is 0 Å². The van der Waals surface area contributed by atoms with Crippen LogP contribution >= 0.6 is 0 Å². The molecule has 0 spiro atoms. The molecule has 0 aliphatic heterocycles. The Kier molecular flexibility index (Phi) is 7.83. The molecule has 0 atom stereocenters. The molecule has 0 saturated heterocycles. The fourth-order valence-electron chi connectivity index (χ4n) is 8.61. The number of nitrogens with zero attached hydrogens (tertiary/aromatic N) is 6. The fourth-order valence-corrected chi connectivity index (χ4v) is 8.61. The first-order chi connectivity index (χ1) is 28.6. The molecule has 4 heterocycles. The molecule has 6 heteroatoms. The molecule has 0 radical (unpaired) electrons. The Bertz CT molecular complexity index is 3310. The topological polar surface area (TPSA) is 61.4 Å². The molecule has 0 aliphatic carbocycles. The minimum atomic E-state index is 0.622. The number of hydrogen-bond acceptors (Lipinski definition) is 4. The number of pyridine rings is 1. The summed E-state index contributed by atoms with van der Waals surface area (Å²) in [7, 11) is 0.